The number of carbonyl (C=O) groups excluding carboxylic acids is 1. The second-order valence-corrected chi connectivity index (χ2v) is 7.24. The third-order valence-corrected chi connectivity index (χ3v) is 5.12. The molecule has 2 heterocycles. The molecule has 8 heteroatoms. The Morgan fingerprint density at radius 2 is 1.96 bits per heavy atom. The molecule has 1 amide bonds. The van der Waals surface area contributed by atoms with Gasteiger partial charge in [-0.3, -0.25) is 4.79 Å². The minimum atomic E-state index is -0.204. The SMILES string of the molecule is Cc1cccc(Nc2ncnc3cnc(N[C@H]4CC[C@H](C(N)=O)CC4)nc23)c1. The average molecular weight is 377 g/mol. The summed E-state index contributed by atoms with van der Waals surface area (Å²) in [5.74, 6) is 0.953. The van der Waals surface area contributed by atoms with E-state index in [1.165, 1.54) is 6.33 Å². The molecule has 0 spiro atoms. The van der Waals surface area contributed by atoms with Crippen LogP contribution in [-0.2, 0) is 4.79 Å². The highest BCUT2D eigenvalue weighted by atomic mass is 16.1. The van der Waals surface area contributed by atoms with Gasteiger partial charge in [0.1, 0.15) is 17.4 Å². The molecule has 3 aromatic rings. The van der Waals surface area contributed by atoms with Gasteiger partial charge >= 0.3 is 0 Å². The summed E-state index contributed by atoms with van der Waals surface area (Å²) in [6.45, 7) is 2.04. The van der Waals surface area contributed by atoms with Gasteiger partial charge in [-0.1, -0.05) is 12.1 Å². The summed E-state index contributed by atoms with van der Waals surface area (Å²) in [6, 6.07) is 8.29. The van der Waals surface area contributed by atoms with E-state index in [1.54, 1.807) is 6.20 Å². The minimum absolute atomic E-state index is 0.0193. The van der Waals surface area contributed by atoms with E-state index in [4.69, 9.17) is 5.73 Å². The molecule has 144 valence electrons. The molecule has 2 aromatic heterocycles. The molecule has 1 saturated carbocycles. The van der Waals surface area contributed by atoms with Crippen LogP contribution >= 0.6 is 0 Å². The molecular weight excluding hydrogens is 354 g/mol. The van der Waals surface area contributed by atoms with Crippen LogP contribution in [0.15, 0.2) is 36.8 Å². The normalized spacial score (nSPS) is 19.3. The molecule has 4 N–H and O–H groups in total. The van der Waals surface area contributed by atoms with Crippen LogP contribution in [0.25, 0.3) is 11.0 Å². The zero-order chi connectivity index (χ0) is 19.5. The highest BCUT2D eigenvalue weighted by Gasteiger charge is 2.25. The average Bonchev–Trinajstić information content (AvgIpc) is 2.69. The Hall–Kier alpha value is -3.29. The number of aromatic nitrogens is 4. The lowest BCUT2D eigenvalue weighted by Gasteiger charge is -2.27. The van der Waals surface area contributed by atoms with Crippen LogP contribution in [0, 0.1) is 12.8 Å². The minimum Gasteiger partial charge on any atom is -0.369 e. The summed E-state index contributed by atoms with van der Waals surface area (Å²) in [4.78, 5) is 29.0. The molecule has 1 aliphatic rings. The summed E-state index contributed by atoms with van der Waals surface area (Å²) in [5, 5.41) is 6.69. The van der Waals surface area contributed by atoms with Gasteiger partial charge in [0.15, 0.2) is 5.82 Å². The molecule has 1 fully saturated rings. The molecule has 1 aromatic carbocycles. The Morgan fingerprint density at radius 1 is 1.14 bits per heavy atom. The first kappa shape index (κ1) is 18.1. The second kappa shape index (κ2) is 7.75. The number of rotatable bonds is 5. The number of hydrogen-bond donors (Lipinski definition) is 3. The number of hydrogen-bond acceptors (Lipinski definition) is 7. The number of amides is 1. The van der Waals surface area contributed by atoms with Crippen LogP contribution in [0.2, 0.25) is 0 Å². The molecule has 0 radical (unpaired) electrons. The molecule has 0 bridgehead atoms. The molecule has 4 rings (SSSR count). The first-order valence-corrected chi connectivity index (χ1v) is 9.46. The maximum absolute atomic E-state index is 11.3. The van der Waals surface area contributed by atoms with Crippen molar-refractivity contribution in [3.63, 3.8) is 0 Å². The van der Waals surface area contributed by atoms with E-state index in [2.05, 4.69) is 30.6 Å². The summed E-state index contributed by atoms with van der Waals surface area (Å²) in [6.07, 6.45) is 6.53. The highest BCUT2D eigenvalue weighted by Crippen LogP contribution is 2.27. The summed E-state index contributed by atoms with van der Waals surface area (Å²) >= 11 is 0. The first-order valence-electron chi connectivity index (χ1n) is 9.46. The molecule has 0 saturated heterocycles. The molecule has 0 atom stereocenters. The molecule has 28 heavy (non-hydrogen) atoms. The fourth-order valence-electron chi connectivity index (χ4n) is 3.58. The number of anilines is 3. The standard InChI is InChI=1S/C20H23N7O/c1-12-3-2-4-15(9-12)25-19-17-16(23-11-24-19)10-22-20(27-17)26-14-7-5-13(6-8-14)18(21)28/h2-4,9-11,13-14H,5-8H2,1H3,(H2,21,28)(H,22,26,27)(H,23,24,25)/t13-,14-. The van der Waals surface area contributed by atoms with E-state index >= 15 is 0 Å². The Labute approximate surface area is 163 Å². The van der Waals surface area contributed by atoms with Crippen LogP contribution in [0.4, 0.5) is 17.5 Å². The van der Waals surface area contributed by atoms with E-state index < -0.39 is 0 Å². The summed E-state index contributed by atoms with van der Waals surface area (Å²) in [7, 11) is 0. The van der Waals surface area contributed by atoms with Crippen molar-refractivity contribution >= 4 is 34.4 Å². The van der Waals surface area contributed by atoms with E-state index in [1.807, 2.05) is 31.2 Å². The molecule has 0 unspecified atom stereocenters. The van der Waals surface area contributed by atoms with Crippen LogP contribution in [-0.4, -0.2) is 31.9 Å². The quantitative estimate of drug-likeness (QED) is 0.625. The topological polar surface area (TPSA) is 119 Å². The van der Waals surface area contributed by atoms with Crippen LogP contribution in [0.1, 0.15) is 31.2 Å². The van der Waals surface area contributed by atoms with Crippen LogP contribution < -0.4 is 16.4 Å². The number of aryl methyl sites for hydroxylation is 1. The zero-order valence-corrected chi connectivity index (χ0v) is 15.7. The molecule has 0 aliphatic heterocycles. The van der Waals surface area contributed by atoms with Gasteiger partial charge in [-0.2, -0.15) is 0 Å². The third kappa shape index (κ3) is 4.00. The van der Waals surface area contributed by atoms with Crippen molar-refractivity contribution in [2.75, 3.05) is 10.6 Å². The van der Waals surface area contributed by atoms with Gasteiger partial charge < -0.3 is 16.4 Å². The van der Waals surface area contributed by atoms with Gasteiger partial charge in [-0.15, -0.1) is 0 Å². The molecule has 8 nitrogen and oxygen atoms in total. The van der Waals surface area contributed by atoms with Crippen molar-refractivity contribution in [2.45, 2.75) is 38.6 Å². The Kier molecular flexibility index (Phi) is 5.01. The monoisotopic (exact) mass is 377 g/mol. The number of nitrogens with two attached hydrogens (primary N) is 1. The number of carbonyl (C=O) groups is 1. The number of nitrogens with one attached hydrogen (secondary N) is 2. The van der Waals surface area contributed by atoms with Crippen molar-refractivity contribution in [1.82, 2.24) is 19.9 Å². The summed E-state index contributed by atoms with van der Waals surface area (Å²) < 4.78 is 0. The van der Waals surface area contributed by atoms with Gasteiger partial charge in [0.2, 0.25) is 11.9 Å². The smallest absolute Gasteiger partial charge is 0.223 e. The van der Waals surface area contributed by atoms with Gasteiger partial charge in [-0.25, -0.2) is 19.9 Å². The Bertz CT molecular complexity index is 999. The molecular formula is C20H23N7O. The van der Waals surface area contributed by atoms with Crippen LogP contribution in [0.5, 0.6) is 0 Å². The fraction of sp³-hybridized carbons (Fsp3) is 0.350. The summed E-state index contributed by atoms with van der Waals surface area (Å²) in [5.41, 5.74) is 8.85. The number of primary amides is 1. The molecule has 1 aliphatic carbocycles. The van der Waals surface area contributed by atoms with Crippen molar-refractivity contribution in [3.05, 3.63) is 42.4 Å². The van der Waals surface area contributed by atoms with Crippen molar-refractivity contribution in [3.8, 4) is 0 Å². The van der Waals surface area contributed by atoms with Crippen molar-refractivity contribution in [2.24, 2.45) is 11.7 Å². The third-order valence-electron chi connectivity index (χ3n) is 5.12. The Morgan fingerprint density at radius 3 is 2.71 bits per heavy atom. The van der Waals surface area contributed by atoms with Gasteiger partial charge in [0.25, 0.3) is 0 Å². The number of benzene rings is 1. The van der Waals surface area contributed by atoms with Crippen molar-refractivity contribution in [1.29, 1.82) is 0 Å². The highest BCUT2D eigenvalue weighted by molar-refractivity contribution is 5.87. The maximum Gasteiger partial charge on any atom is 0.223 e. The first-order chi connectivity index (χ1) is 13.6. The van der Waals surface area contributed by atoms with E-state index in [0.29, 0.717) is 22.8 Å². The van der Waals surface area contributed by atoms with E-state index in [9.17, 15) is 4.79 Å². The van der Waals surface area contributed by atoms with E-state index in [0.717, 1.165) is 36.9 Å². The predicted molar refractivity (Wildman–Crippen MR) is 108 cm³/mol. The predicted octanol–water partition coefficient (Wildman–Crippen LogP) is 2.93. The lowest BCUT2D eigenvalue weighted by atomic mass is 9.86. The maximum atomic E-state index is 11.3. The van der Waals surface area contributed by atoms with Crippen molar-refractivity contribution < 1.29 is 4.79 Å². The zero-order valence-electron chi connectivity index (χ0n) is 15.7. The van der Waals surface area contributed by atoms with Gasteiger partial charge in [-0.05, 0) is 50.3 Å². The second-order valence-electron chi connectivity index (χ2n) is 7.24. The van der Waals surface area contributed by atoms with E-state index in [-0.39, 0.29) is 17.9 Å². The lowest BCUT2D eigenvalue weighted by Crippen LogP contribution is -2.32. The number of nitrogens with zero attached hydrogens (tertiary/aromatic N) is 4. The lowest BCUT2D eigenvalue weighted by molar-refractivity contribution is -0.122. The largest absolute Gasteiger partial charge is 0.369 e. The Balaban J connectivity index is 1.54. The fourth-order valence-corrected chi connectivity index (χ4v) is 3.58. The van der Waals surface area contributed by atoms with Gasteiger partial charge in [0, 0.05) is 17.6 Å². The number of fused-ring (bicyclic) bond motifs is 1. The van der Waals surface area contributed by atoms with Gasteiger partial charge in [0.05, 0.1) is 6.20 Å². The van der Waals surface area contributed by atoms with Crippen LogP contribution in [0.3, 0.4) is 0 Å².